The normalized spacial score (nSPS) is 13.4. The molecule has 0 spiro atoms. The first-order chi connectivity index (χ1) is 12.0. The van der Waals surface area contributed by atoms with E-state index in [1.54, 1.807) is 18.2 Å². The molecule has 0 bridgehead atoms. The maximum absolute atomic E-state index is 13.8. The van der Waals surface area contributed by atoms with Crippen molar-refractivity contribution < 1.29 is 18.8 Å². The van der Waals surface area contributed by atoms with Crippen LogP contribution >= 0.6 is 11.3 Å². The Hall–Kier alpha value is -3.06. The lowest BCUT2D eigenvalue weighted by Gasteiger charge is -2.04. The van der Waals surface area contributed by atoms with Crippen LogP contribution < -0.4 is 5.32 Å². The Morgan fingerprint density at radius 1 is 1.08 bits per heavy atom. The van der Waals surface area contributed by atoms with Crippen molar-refractivity contribution in [3.8, 4) is 0 Å². The second-order valence-electron chi connectivity index (χ2n) is 5.65. The summed E-state index contributed by atoms with van der Waals surface area (Å²) in [6, 6.07) is 10.7. The molecule has 2 aromatic carbocycles. The number of rotatable bonds is 2. The summed E-state index contributed by atoms with van der Waals surface area (Å²) >= 11 is 1.18. The van der Waals surface area contributed by atoms with Crippen molar-refractivity contribution in [2.45, 2.75) is 0 Å². The number of anilines is 1. The Labute approximate surface area is 145 Å². The number of nitrogens with zero attached hydrogens (tertiary/aromatic N) is 1. The van der Waals surface area contributed by atoms with E-state index in [0.717, 1.165) is 4.90 Å². The molecule has 4 rings (SSSR count). The lowest BCUT2D eigenvalue weighted by Crippen LogP contribution is -2.24. The number of halogens is 1. The van der Waals surface area contributed by atoms with Gasteiger partial charge in [0.05, 0.1) is 16.0 Å². The number of carbonyl (C=O) groups is 3. The predicted molar refractivity (Wildman–Crippen MR) is 92.6 cm³/mol. The summed E-state index contributed by atoms with van der Waals surface area (Å²) < 4.78 is 14.4. The van der Waals surface area contributed by atoms with Gasteiger partial charge in [-0.05, 0) is 36.4 Å². The quantitative estimate of drug-likeness (QED) is 0.716. The highest BCUT2D eigenvalue weighted by molar-refractivity contribution is 7.20. The Kier molecular flexibility index (Phi) is 3.40. The Balaban J connectivity index is 1.64. The van der Waals surface area contributed by atoms with Crippen molar-refractivity contribution in [1.29, 1.82) is 0 Å². The van der Waals surface area contributed by atoms with Crippen LogP contribution in [-0.2, 0) is 0 Å². The average molecular weight is 354 g/mol. The third kappa shape index (κ3) is 2.40. The van der Waals surface area contributed by atoms with Crippen LogP contribution in [0.2, 0.25) is 0 Å². The molecule has 7 heteroatoms. The fourth-order valence-electron chi connectivity index (χ4n) is 2.77. The highest BCUT2D eigenvalue weighted by atomic mass is 32.1. The zero-order valence-electron chi connectivity index (χ0n) is 13.0. The largest absolute Gasteiger partial charge is 0.321 e. The fraction of sp³-hybridized carbons (Fsp3) is 0.0556. The van der Waals surface area contributed by atoms with E-state index in [9.17, 15) is 18.8 Å². The topological polar surface area (TPSA) is 66.5 Å². The maximum Gasteiger partial charge on any atom is 0.265 e. The van der Waals surface area contributed by atoms with Gasteiger partial charge in [0.1, 0.15) is 5.82 Å². The molecule has 5 nitrogen and oxygen atoms in total. The Morgan fingerprint density at radius 3 is 2.60 bits per heavy atom. The number of thiophene rings is 1. The van der Waals surface area contributed by atoms with E-state index in [4.69, 9.17) is 0 Å². The minimum atomic E-state index is -0.403. The van der Waals surface area contributed by atoms with Crippen LogP contribution in [-0.4, -0.2) is 29.7 Å². The van der Waals surface area contributed by atoms with Gasteiger partial charge in [-0.15, -0.1) is 11.3 Å². The summed E-state index contributed by atoms with van der Waals surface area (Å²) in [6.07, 6.45) is 0. The first kappa shape index (κ1) is 15.5. The van der Waals surface area contributed by atoms with Gasteiger partial charge in [-0.2, -0.15) is 0 Å². The van der Waals surface area contributed by atoms with Crippen molar-refractivity contribution in [2.24, 2.45) is 0 Å². The summed E-state index contributed by atoms with van der Waals surface area (Å²) in [5, 5.41) is 3.08. The number of nitrogens with one attached hydrogen (secondary N) is 1. The van der Waals surface area contributed by atoms with E-state index in [2.05, 4.69) is 5.32 Å². The van der Waals surface area contributed by atoms with Crippen LogP contribution in [0.5, 0.6) is 0 Å². The molecule has 124 valence electrons. The van der Waals surface area contributed by atoms with Crippen LogP contribution in [0.3, 0.4) is 0 Å². The highest BCUT2D eigenvalue weighted by Gasteiger charge is 2.32. The molecular weight excluding hydrogens is 343 g/mol. The Bertz CT molecular complexity index is 1070. The lowest BCUT2D eigenvalue weighted by atomic mass is 10.1. The number of fused-ring (bicyclic) bond motifs is 2. The van der Waals surface area contributed by atoms with E-state index in [1.807, 2.05) is 0 Å². The number of benzene rings is 2. The molecule has 0 unspecified atom stereocenters. The summed E-state index contributed by atoms with van der Waals surface area (Å²) in [5.74, 6) is -1.54. The molecule has 0 aliphatic carbocycles. The van der Waals surface area contributed by atoms with Crippen LogP contribution in [0.25, 0.3) is 10.1 Å². The van der Waals surface area contributed by atoms with Gasteiger partial charge in [-0.1, -0.05) is 6.07 Å². The zero-order valence-corrected chi connectivity index (χ0v) is 13.8. The summed E-state index contributed by atoms with van der Waals surface area (Å²) in [4.78, 5) is 37.7. The minimum absolute atomic E-state index is 0.257. The second kappa shape index (κ2) is 5.49. The molecule has 1 aromatic heterocycles. The lowest BCUT2D eigenvalue weighted by molar-refractivity contribution is 0.0692. The number of imide groups is 1. The Morgan fingerprint density at radius 2 is 1.84 bits per heavy atom. The SMILES string of the molecule is CN1C(=O)c2ccc(NC(=O)c3cc4c(F)cccc4s3)cc2C1=O. The van der Waals surface area contributed by atoms with Crippen molar-refractivity contribution in [1.82, 2.24) is 4.90 Å². The maximum atomic E-state index is 13.8. The van der Waals surface area contributed by atoms with Crippen molar-refractivity contribution in [3.63, 3.8) is 0 Å². The van der Waals surface area contributed by atoms with Gasteiger partial charge in [0, 0.05) is 22.8 Å². The molecule has 0 saturated heterocycles. The van der Waals surface area contributed by atoms with Crippen LogP contribution in [0.15, 0.2) is 42.5 Å². The third-order valence-electron chi connectivity index (χ3n) is 4.08. The number of hydrogen-bond donors (Lipinski definition) is 1. The van der Waals surface area contributed by atoms with E-state index < -0.39 is 11.8 Å². The molecule has 2 heterocycles. The highest BCUT2D eigenvalue weighted by Crippen LogP contribution is 2.29. The molecule has 1 aliphatic heterocycles. The first-order valence-electron chi connectivity index (χ1n) is 7.41. The standard InChI is InChI=1S/C18H11FN2O3S/c1-21-17(23)10-6-5-9(7-11(10)18(21)24)20-16(22)15-8-12-13(19)3-2-4-14(12)25-15/h2-8H,1H3,(H,20,22). The van der Waals surface area contributed by atoms with Gasteiger partial charge in [-0.25, -0.2) is 4.39 Å². The van der Waals surface area contributed by atoms with E-state index in [-0.39, 0.29) is 17.3 Å². The van der Waals surface area contributed by atoms with Crippen LogP contribution in [0.1, 0.15) is 30.4 Å². The summed E-state index contributed by atoms with van der Waals surface area (Å²) in [6.45, 7) is 0. The van der Waals surface area contributed by atoms with Gasteiger partial charge in [-0.3, -0.25) is 19.3 Å². The molecule has 3 amide bonds. The molecule has 0 atom stereocenters. The van der Waals surface area contributed by atoms with Crippen molar-refractivity contribution in [2.75, 3.05) is 12.4 Å². The van der Waals surface area contributed by atoms with Crippen LogP contribution in [0, 0.1) is 5.82 Å². The van der Waals surface area contributed by atoms with Gasteiger partial charge < -0.3 is 5.32 Å². The van der Waals surface area contributed by atoms with Crippen LogP contribution in [0.4, 0.5) is 10.1 Å². The summed E-state index contributed by atoms with van der Waals surface area (Å²) in [7, 11) is 1.41. The molecule has 1 N–H and O–H groups in total. The van der Waals surface area contributed by atoms with Crippen molar-refractivity contribution in [3.05, 3.63) is 64.3 Å². The molecular formula is C18H11FN2O3S. The summed E-state index contributed by atoms with van der Waals surface area (Å²) in [5.41, 5.74) is 0.972. The number of amides is 3. The molecule has 25 heavy (non-hydrogen) atoms. The zero-order chi connectivity index (χ0) is 17.7. The molecule has 0 fully saturated rings. The van der Waals surface area contributed by atoms with E-state index >= 15 is 0 Å². The molecule has 0 radical (unpaired) electrons. The van der Waals surface area contributed by atoms with Gasteiger partial charge in [0.25, 0.3) is 17.7 Å². The van der Waals surface area contributed by atoms with E-state index in [0.29, 0.717) is 26.2 Å². The van der Waals surface area contributed by atoms with E-state index in [1.165, 1.54) is 42.6 Å². The smallest absolute Gasteiger partial charge is 0.265 e. The second-order valence-corrected chi connectivity index (χ2v) is 6.73. The number of carbonyl (C=O) groups excluding carboxylic acids is 3. The fourth-order valence-corrected chi connectivity index (χ4v) is 3.74. The molecule has 3 aromatic rings. The average Bonchev–Trinajstić information content (AvgIpc) is 3.13. The van der Waals surface area contributed by atoms with Gasteiger partial charge in [0.2, 0.25) is 0 Å². The van der Waals surface area contributed by atoms with Crippen molar-refractivity contribution >= 4 is 44.8 Å². The minimum Gasteiger partial charge on any atom is -0.321 e. The van der Waals surface area contributed by atoms with Gasteiger partial charge in [0.15, 0.2) is 0 Å². The third-order valence-corrected chi connectivity index (χ3v) is 5.18. The predicted octanol–water partition coefficient (Wildman–Crippen LogP) is 3.52. The molecule has 1 aliphatic rings. The molecule has 0 saturated carbocycles. The first-order valence-corrected chi connectivity index (χ1v) is 8.23. The monoisotopic (exact) mass is 354 g/mol. The van der Waals surface area contributed by atoms with Gasteiger partial charge >= 0.3 is 0 Å². The number of hydrogen-bond acceptors (Lipinski definition) is 4.